The molecule has 1 fully saturated rings. The number of hydrogen-bond acceptors (Lipinski definition) is 7. The zero-order chi connectivity index (χ0) is 26.2. The fourth-order valence-corrected chi connectivity index (χ4v) is 4.23. The number of carbonyl (C=O) groups is 1. The van der Waals surface area contributed by atoms with Gasteiger partial charge >= 0.3 is 0 Å². The summed E-state index contributed by atoms with van der Waals surface area (Å²) in [7, 11) is 0. The Hall–Kier alpha value is -3.57. The van der Waals surface area contributed by atoms with Gasteiger partial charge in [0.05, 0.1) is 36.3 Å². The molecular weight excluding hydrogens is 518 g/mol. The van der Waals surface area contributed by atoms with Gasteiger partial charge in [0.2, 0.25) is 0 Å². The summed E-state index contributed by atoms with van der Waals surface area (Å²) in [6.45, 7) is 8.49. The Morgan fingerprint density at radius 2 is 1.95 bits per heavy atom. The molecule has 0 aliphatic carbocycles. The number of oxazole rings is 1. The number of aromatic nitrogens is 4. The van der Waals surface area contributed by atoms with Crippen molar-refractivity contribution in [3.8, 4) is 11.3 Å². The van der Waals surface area contributed by atoms with Crippen LogP contribution in [-0.2, 0) is 16.7 Å². The van der Waals surface area contributed by atoms with Gasteiger partial charge in [0, 0.05) is 36.2 Å². The molecule has 4 heterocycles. The topological polar surface area (TPSA) is 97.8 Å². The summed E-state index contributed by atoms with van der Waals surface area (Å²) >= 11 is 0. The molecule has 202 valence electrons. The molecule has 1 amide bonds. The second-order valence-corrected chi connectivity index (χ2v) is 9.92. The van der Waals surface area contributed by atoms with Crippen molar-refractivity contribution >= 4 is 29.5 Å². The van der Waals surface area contributed by atoms with Crippen molar-refractivity contribution < 1.29 is 22.7 Å². The Bertz CT molecular complexity index is 1430. The molecule has 0 spiro atoms. The van der Waals surface area contributed by atoms with Gasteiger partial charge in [-0.3, -0.25) is 4.79 Å². The van der Waals surface area contributed by atoms with Crippen molar-refractivity contribution in [1.29, 1.82) is 0 Å². The van der Waals surface area contributed by atoms with E-state index in [4.69, 9.17) is 9.15 Å². The van der Waals surface area contributed by atoms with Gasteiger partial charge in [0.15, 0.2) is 11.6 Å². The maximum absolute atomic E-state index is 14.1. The maximum atomic E-state index is 14.1. The second-order valence-electron chi connectivity index (χ2n) is 9.92. The van der Waals surface area contributed by atoms with Gasteiger partial charge in [-0.15, -0.1) is 12.4 Å². The number of rotatable bonds is 6. The molecule has 4 aromatic rings. The SMILES string of the molecule is CC(C)(C)c1nc(C(=O)NCc2ccc(-c3ncnn4cc(N5CCOCC5)cc34)cc2C(F)F)co1.Cl. The molecule has 12 heteroatoms. The fourth-order valence-electron chi connectivity index (χ4n) is 4.23. The molecular formula is C26H29ClF2N6O3. The first-order valence-electron chi connectivity index (χ1n) is 12.0. The van der Waals surface area contributed by atoms with Crippen LogP contribution in [0.15, 0.2) is 47.5 Å². The number of nitrogens with zero attached hydrogens (tertiary/aromatic N) is 5. The molecule has 0 bridgehead atoms. The van der Waals surface area contributed by atoms with Crippen LogP contribution in [0.25, 0.3) is 16.8 Å². The fraction of sp³-hybridized carbons (Fsp3) is 0.385. The zero-order valence-electron chi connectivity index (χ0n) is 21.3. The van der Waals surface area contributed by atoms with E-state index in [0.717, 1.165) is 18.8 Å². The molecule has 0 radical (unpaired) electrons. The van der Waals surface area contributed by atoms with Gasteiger partial charge in [-0.25, -0.2) is 23.3 Å². The number of halogens is 3. The lowest BCUT2D eigenvalue weighted by Crippen LogP contribution is -2.35. The van der Waals surface area contributed by atoms with E-state index in [-0.39, 0.29) is 35.6 Å². The van der Waals surface area contributed by atoms with E-state index in [0.29, 0.717) is 41.4 Å². The quantitative estimate of drug-likeness (QED) is 0.371. The maximum Gasteiger partial charge on any atom is 0.273 e. The van der Waals surface area contributed by atoms with E-state index in [9.17, 15) is 13.6 Å². The van der Waals surface area contributed by atoms with Crippen LogP contribution in [0.3, 0.4) is 0 Å². The standard InChI is InChI=1S/C26H28F2N6O3.ClH/c1-26(2,3)25-32-20(14-37-25)24(35)29-12-17-5-4-16(10-19(17)23(27)28)22-21-11-18(13-34(21)31-15-30-22)33-6-8-36-9-7-33;/h4-5,10-11,13-15,23H,6-9,12H2,1-3H3,(H,29,35);1H. The number of hydrogen-bond donors (Lipinski definition) is 1. The Morgan fingerprint density at radius 3 is 2.63 bits per heavy atom. The third-order valence-electron chi connectivity index (χ3n) is 6.24. The highest BCUT2D eigenvalue weighted by atomic mass is 35.5. The van der Waals surface area contributed by atoms with Crippen LogP contribution in [0.5, 0.6) is 0 Å². The van der Waals surface area contributed by atoms with Crippen LogP contribution in [0.4, 0.5) is 14.5 Å². The highest BCUT2D eigenvalue weighted by Crippen LogP contribution is 2.32. The average molecular weight is 547 g/mol. The number of alkyl halides is 2. The lowest BCUT2D eigenvalue weighted by atomic mass is 9.97. The van der Waals surface area contributed by atoms with E-state index in [1.165, 1.54) is 18.7 Å². The molecule has 1 saturated heterocycles. The number of amides is 1. The first-order chi connectivity index (χ1) is 17.7. The Morgan fingerprint density at radius 1 is 1.18 bits per heavy atom. The van der Waals surface area contributed by atoms with E-state index in [2.05, 4.69) is 25.3 Å². The van der Waals surface area contributed by atoms with Crippen molar-refractivity contribution in [2.24, 2.45) is 0 Å². The van der Waals surface area contributed by atoms with Crippen molar-refractivity contribution in [1.82, 2.24) is 24.9 Å². The number of fused-ring (bicyclic) bond motifs is 1. The average Bonchev–Trinajstić information content (AvgIpc) is 3.55. The Labute approximate surface area is 224 Å². The number of benzene rings is 1. The van der Waals surface area contributed by atoms with Crippen LogP contribution in [-0.4, -0.2) is 51.8 Å². The Balaban J connectivity index is 0.00000336. The van der Waals surface area contributed by atoms with E-state index >= 15 is 0 Å². The summed E-state index contributed by atoms with van der Waals surface area (Å²) in [4.78, 5) is 23.4. The van der Waals surface area contributed by atoms with Crippen LogP contribution in [0, 0.1) is 0 Å². The smallest absolute Gasteiger partial charge is 0.273 e. The number of morpholine rings is 1. The lowest BCUT2D eigenvalue weighted by Gasteiger charge is -2.27. The van der Waals surface area contributed by atoms with Crippen molar-refractivity contribution in [3.63, 3.8) is 0 Å². The van der Waals surface area contributed by atoms with Crippen LogP contribution in [0.2, 0.25) is 0 Å². The first-order valence-corrected chi connectivity index (χ1v) is 12.0. The minimum absolute atomic E-state index is 0. The molecule has 1 aliphatic rings. The highest BCUT2D eigenvalue weighted by Gasteiger charge is 2.23. The number of nitrogens with one attached hydrogen (secondary N) is 1. The van der Waals surface area contributed by atoms with Crippen LogP contribution < -0.4 is 10.2 Å². The van der Waals surface area contributed by atoms with Gasteiger partial charge in [0.1, 0.15) is 12.6 Å². The predicted octanol–water partition coefficient (Wildman–Crippen LogP) is 4.81. The summed E-state index contributed by atoms with van der Waals surface area (Å²) in [5, 5.41) is 6.95. The van der Waals surface area contributed by atoms with Gasteiger partial charge in [-0.2, -0.15) is 5.10 Å². The molecule has 0 saturated carbocycles. The van der Waals surface area contributed by atoms with Crippen molar-refractivity contribution in [2.45, 2.75) is 39.2 Å². The molecule has 38 heavy (non-hydrogen) atoms. The summed E-state index contributed by atoms with van der Waals surface area (Å²) < 4.78 is 40.7. The van der Waals surface area contributed by atoms with Gasteiger partial charge in [-0.1, -0.05) is 32.9 Å². The minimum Gasteiger partial charge on any atom is -0.448 e. The summed E-state index contributed by atoms with van der Waals surface area (Å²) in [5.74, 6) is -0.0709. The summed E-state index contributed by atoms with van der Waals surface area (Å²) in [6, 6.07) is 6.69. The number of ether oxygens (including phenoxy) is 1. The molecule has 5 rings (SSSR count). The molecule has 1 N–H and O–H groups in total. The van der Waals surface area contributed by atoms with E-state index in [1.54, 1.807) is 16.6 Å². The zero-order valence-corrected chi connectivity index (χ0v) is 22.1. The van der Waals surface area contributed by atoms with Gasteiger partial charge in [0.25, 0.3) is 12.3 Å². The largest absolute Gasteiger partial charge is 0.448 e. The predicted molar refractivity (Wildman–Crippen MR) is 140 cm³/mol. The normalized spacial score (nSPS) is 14.1. The molecule has 0 atom stereocenters. The number of anilines is 1. The lowest BCUT2D eigenvalue weighted by molar-refractivity contribution is 0.0944. The summed E-state index contributed by atoms with van der Waals surface area (Å²) in [5.41, 5.74) is 2.65. The Kier molecular flexibility index (Phi) is 7.98. The molecule has 9 nitrogen and oxygen atoms in total. The molecule has 1 aromatic carbocycles. The first kappa shape index (κ1) is 27.5. The minimum atomic E-state index is -2.74. The van der Waals surface area contributed by atoms with Crippen molar-refractivity contribution in [2.75, 3.05) is 31.2 Å². The molecule has 1 aliphatic heterocycles. The number of carbonyl (C=O) groups excluding carboxylic acids is 1. The monoisotopic (exact) mass is 546 g/mol. The van der Waals surface area contributed by atoms with Crippen molar-refractivity contribution in [3.05, 3.63) is 65.8 Å². The van der Waals surface area contributed by atoms with Gasteiger partial charge < -0.3 is 19.4 Å². The third kappa shape index (κ3) is 5.63. The summed E-state index contributed by atoms with van der Waals surface area (Å²) in [6.07, 6.45) is 1.85. The highest BCUT2D eigenvalue weighted by molar-refractivity contribution is 5.92. The van der Waals surface area contributed by atoms with Crippen LogP contribution >= 0.6 is 12.4 Å². The molecule has 3 aromatic heterocycles. The second kappa shape index (κ2) is 11.0. The van der Waals surface area contributed by atoms with Gasteiger partial charge in [-0.05, 0) is 17.7 Å². The van der Waals surface area contributed by atoms with E-state index in [1.807, 2.05) is 33.0 Å². The molecule has 0 unspecified atom stereocenters. The third-order valence-corrected chi connectivity index (χ3v) is 6.24. The van der Waals surface area contributed by atoms with E-state index < -0.39 is 12.3 Å². The van der Waals surface area contributed by atoms with Crippen LogP contribution in [0.1, 0.15) is 54.7 Å².